The molecule has 1 N–H and O–H groups in total. The highest BCUT2D eigenvalue weighted by atomic mass is 16.3. The Labute approximate surface area is 129 Å². The average molecular weight is 300 g/mol. The van der Waals surface area contributed by atoms with E-state index in [2.05, 4.69) is 21.2 Å². The van der Waals surface area contributed by atoms with Crippen molar-refractivity contribution in [1.29, 1.82) is 5.26 Å². The van der Waals surface area contributed by atoms with Crippen LogP contribution < -0.4 is 0 Å². The fourth-order valence-corrected chi connectivity index (χ4v) is 3.01. The van der Waals surface area contributed by atoms with Crippen LogP contribution in [0.5, 0.6) is 0 Å². The summed E-state index contributed by atoms with van der Waals surface area (Å²) in [5, 5.41) is 26.8. The van der Waals surface area contributed by atoms with E-state index in [1.54, 1.807) is 0 Å². The summed E-state index contributed by atoms with van der Waals surface area (Å²) in [5.74, 6) is 0. The zero-order chi connectivity index (χ0) is 15.7. The van der Waals surface area contributed by atoms with Gasteiger partial charge in [0.15, 0.2) is 5.69 Å². The molecule has 0 bridgehead atoms. The van der Waals surface area contributed by atoms with Crippen LogP contribution in [0.1, 0.15) is 28.3 Å². The van der Waals surface area contributed by atoms with Crippen LogP contribution in [-0.4, -0.2) is 42.7 Å². The molecule has 0 aromatic carbocycles. The highest BCUT2D eigenvalue weighted by Gasteiger charge is 2.21. The first kappa shape index (κ1) is 14.8. The van der Waals surface area contributed by atoms with E-state index < -0.39 is 0 Å². The standard InChI is InChI=1S/C15H20N6O/c1-11-15(12(2)20(17-11)5-6-22)10-19-3-4-21-14(9-19)7-13(8-16)18-21/h7,22H,3-6,9-10H2,1-2H3. The Morgan fingerprint density at radius 3 is 2.86 bits per heavy atom. The number of nitriles is 1. The second-order valence-electron chi connectivity index (χ2n) is 5.66. The molecule has 0 saturated carbocycles. The second-order valence-corrected chi connectivity index (χ2v) is 5.66. The zero-order valence-corrected chi connectivity index (χ0v) is 13.0. The lowest BCUT2D eigenvalue weighted by Gasteiger charge is -2.27. The van der Waals surface area contributed by atoms with Crippen LogP contribution in [-0.2, 0) is 26.2 Å². The summed E-state index contributed by atoms with van der Waals surface area (Å²) in [6, 6.07) is 3.96. The van der Waals surface area contributed by atoms with Crippen LogP contribution in [0.3, 0.4) is 0 Å². The molecule has 0 radical (unpaired) electrons. The van der Waals surface area contributed by atoms with E-state index in [1.165, 1.54) is 5.56 Å². The van der Waals surface area contributed by atoms with E-state index in [9.17, 15) is 0 Å². The number of hydrogen-bond acceptors (Lipinski definition) is 5. The molecule has 2 aromatic rings. The third-order valence-corrected chi connectivity index (χ3v) is 4.22. The molecule has 7 heteroatoms. The molecular formula is C15H20N6O. The minimum absolute atomic E-state index is 0.0984. The smallest absolute Gasteiger partial charge is 0.162 e. The molecule has 0 aliphatic carbocycles. The van der Waals surface area contributed by atoms with Crippen molar-refractivity contribution in [2.24, 2.45) is 0 Å². The van der Waals surface area contributed by atoms with Crippen molar-refractivity contribution < 1.29 is 5.11 Å². The van der Waals surface area contributed by atoms with Crippen LogP contribution in [0.15, 0.2) is 6.07 Å². The monoisotopic (exact) mass is 300 g/mol. The quantitative estimate of drug-likeness (QED) is 0.893. The van der Waals surface area contributed by atoms with Crippen molar-refractivity contribution in [3.63, 3.8) is 0 Å². The van der Waals surface area contributed by atoms with E-state index in [-0.39, 0.29) is 6.61 Å². The van der Waals surface area contributed by atoms with E-state index >= 15 is 0 Å². The van der Waals surface area contributed by atoms with E-state index in [4.69, 9.17) is 10.4 Å². The van der Waals surface area contributed by atoms with Gasteiger partial charge in [0, 0.05) is 30.9 Å². The highest BCUT2D eigenvalue weighted by Crippen LogP contribution is 2.20. The average Bonchev–Trinajstić information content (AvgIpc) is 3.03. The Balaban J connectivity index is 1.76. The van der Waals surface area contributed by atoms with Gasteiger partial charge >= 0.3 is 0 Å². The minimum atomic E-state index is 0.0984. The molecule has 0 amide bonds. The molecule has 0 unspecified atom stereocenters. The predicted octanol–water partition coefficient (Wildman–Crippen LogP) is 0.576. The molecule has 22 heavy (non-hydrogen) atoms. The van der Waals surface area contributed by atoms with Crippen LogP contribution in [0.2, 0.25) is 0 Å². The third kappa shape index (κ3) is 2.63. The summed E-state index contributed by atoms with van der Waals surface area (Å²) in [4.78, 5) is 2.35. The van der Waals surface area contributed by atoms with E-state index in [0.717, 1.165) is 43.3 Å². The van der Waals surface area contributed by atoms with Gasteiger partial charge in [-0.3, -0.25) is 14.3 Å². The van der Waals surface area contributed by atoms with Crippen molar-refractivity contribution in [2.45, 2.75) is 40.0 Å². The van der Waals surface area contributed by atoms with Gasteiger partial charge < -0.3 is 5.11 Å². The summed E-state index contributed by atoms with van der Waals surface area (Å²) in [6.07, 6.45) is 0. The number of aliphatic hydroxyl groups excluding tert-OH is 1. The van der Waals surface area contributed by atoms with Gasteiger partial charge in [0.05, 0.1) is 31.1 Å². The fourth-order valence-electron chi connectivity index (χ4n) is 3.01. The third-order valence-electron chi connectivity index (χ3n) is 4.22. The normalized spacial score (nSPS) is 14.8. The molecular weight excluding hydrogens is 280 g/mol. The zero-order valence-electron chi connectivity index (χ0n) is 13.0. The van der Waals surface area contributed by atoms with Crippen LogP contribution in [0.4, 0.5) is 0 Å². The van der Waals surface area contributed by atoms with Gasteiger partial charge in [-0.25, -0.2) is 0 Å². The van der Waals surface area contributed by atoms with Gasteiger partial charge in [-0.1, -0.05) is 0 Å². The lowest BCUT2D eigenvalue weighted by molar-refractivity contribution is 0.204. The van der Waals surface area contributed by atoms with E-state index in [1.807, 2.05) is 29.3 Å². The SMILES string of the molecule is Cc1nn(CCO)c(C)c1CN1CCn2nc(C#N)cc2C1. The molecule has 7 nitrogen and oxygen atoms in total. The summed E-state index contributed by atoms with van der Waals surface area (Å²) in [6.45, 7) is 8.02. The largest absolute Gasteiger partial charge is 0.394 e. The lowest BCUT2D eigenvalue weighted by Crippen LogP contribution is -2.33. The Kier molecular flexibility index (Phi) is 3.96. The fraction of sp³-hybridized carbons (Fsp3) is 0.533. The topological polar surface area (TPSA) is 82.9 Å². The van der Waals surface area contributed by atoms with Crippen molar-refractivity contribution >= 4 is 0 Å². The number of hydrogen-bond donors (Lipinski definition) is 1. The molecule has 0 fully saturated rings. The van der Waals surface area contributed by atoms with E-state index in [0.29, 0.717) is 12.2 Å². The number of aromatic nitrogens is 4. The number of nitrogens with zero attached hydrogens (tertiary/aromatic N) is 6. The molecule has 0 saturated heterocycles. The highest BCUT2D eigenvalue weighted by molar-refractivity contribution is 5.26. The van der Waals surface area contributed by atoms with Crippen LogP contribution in [0, 0.1) is 25.2 Å². The first-order valence-corrected chi connectivity index (χ1v) is 7.45. The van der Waals surface area contributed by atoms with Crippen molar-refractivity contribution in [3.8, 4) is 6.07 Å². The molecule has 2 aromatic heterocycles. The molecule has 3 rings (SSSR count). The Hall–Kier alpha value is -2.17. The number of aryl methyl sites for hydroxylation is 1. The molecule has 116 valence electrons. The molecule has 0 spiro atoms. The van der Waals surface area contributed by atoms with Crippen LogP contribution in [0.25, 0.3) is 0 Å². The summed E-state index contributed by atoms with van der Waals surface area (Å²) in [5.41, 5.74) is 4.92. The second kappa shape index (κ2) is 5.91. The summed E-state index contributed by atoms with van der Waals surface area (Å²) < 4.78 is 3.79. The number of fused-ring (bicyclic) bond motifs is 1. The maximum absolute atomic E-state index is 9.09. The predicted molar refractivity (Wildman–Crippen MR) is 79.8 cm³/mol. The van der Waals surface area contributed by atoms with Gasteiger partial charge in [0.1, 0.15) is 6.07 Å². The Bertz CT molecular complexity index is 723. The van der Waals surface area contributed by atoms with Gasteiger partial charge in [0.25, 0.3) is 0 Å². The summed E-state index contributed by atoms with van der Waals surface area (Å²) in [7, 11) is 0. The van der Waals surface area contributed by atoms with Crippen molar-refractivity contribution in [3.05, 3.63) is 34.4 Å². The van der Waals surface area contributed by atoms with Gasteiger partial charge in [-0.05, 0) is 19.9 Å². The minimum Gasteiger partial charge on any atom is -0.394 e. The maximum Gasteiger partial charge on any atom is 0.162 e. The van der Waals surface area contributed by atoms with Gasteiger partial charge in [-0.15, -0.1) is 0 Å². The van der Waals surface area contributed by atoms with Gasteiger partial charge in [0.2, 0.25) is 0 Å². The molecule has 1 aliphatic heterocycles. The molecule has 3 heterocycles. The molecule has 0 atom stereocenters. The molecule has 1 aliphatic rings. The Morgan fingerprint density at radius 1 is 1.32 bits per heavy atom. The maximum atomic E-state index is 9.09. The number of aliphatic hydroxyl groups is 1. The van der Waals surface area contributed by atoms with Gasteiger partial charge in [-0.2, -0.15) is 15.5 Å². The lowest BCUT2D eigenvalue weighted by atomic mass is 10.1. The Morgan fingerprint density at radius 2 is 2.14 bits per heavy atom. The van der Waals surface area contributed by atoms with Crippen molar-refractivity contribution in [2.75, 3.05) is 13.2 Å². The van der Waals surface area contributed by atoms with Crippen LogP contribution >= 0.6 is 0 Å². The first-order chi connectivity index (χ1) is 10.6. The number of rotatable bonds is 4. The van der Waals surface area contributed by atoms with Crippen molar-refractivity contribution in [1.82, 2.24) is 24.5 Å². The first-order valence-electron chi connectivity index (χ1n) is 7.45. The summed E-state index contributed by atoms with van der Waals surface area (Å²) >= 11 is 0.